The van der Waals surface area contributed by atoms with Gasteiger partial charge in [0.15, 0.2) is 0 Å². The molecule has 2 nitrogen and oxygen atoms in total. The lowest BCUT2D eigenvalue weighted by atomic mass is 9.94. The number of hydrogen-bond donors (Lipinski definition) is 2. The Labute approximate surface area is 126 Å². The van der Waals surface area contributed by atoms with Crippen LogP contribution in [0, 0.1) is 11.6 Å². The van der Waals surface area contributed by atoms with Gasteiger partial charge in [-0.3, -0.25) is 0 Å². The van der Waals surface area contributed by atoms with Gasteiger partial charge in [-0.2, -0.15) is 0 Å². The van der Waals surface area contributed by atoms with Crippen LogP contribution >= 0.6 is 11.3 Å². The number of aliphatic hydroxyl groups excluding tert-OH is 1. The zero-order chi connectivity index (χ0) is 14.8. The van der Waals surface area contributed by atoms with Crippen LogP contribution in [0.1, 0.15) is 41.0 Å². The molecule has 0 radical (unpaired) electrons. The van der Waals surface area contributed by atoms with Crippen molar-refractivity contribution >= 4 is 11.3 Å². The Bertz CT molecular complexity index is 628. The van der Waals surface area contributed by atoms with Gasteiger partial charge in [-0.05, 0) is 54.5 Å². The summed E-state index contributed by atoms with van der Waals surface area (Å²) in [6.07, 6.45) is 2.16. The number of hydrogen-bond acceptors (Lipinski definition) is 3. The highest BCUT2D eigenvalue weighted by Crippen LogP contribution is 2.33. The maximum atomic E-state index is 13.6. The second kappa shape index (κ2) is 6.22. The molecule has 112 valence electrons. The Morgan fingerprint density at radius 3 is 3.05 bits per heavy atom. The van der Waals surface area contributed by atoms with Gasteiger partial charge in [0.25, 0.3) is 0 Å². The number of thiophene rings is 1. The minimum absolute atomic E-state index is 0.00357. The maximum absolute atomic E-state index is 13.6. The summed E-state index contributed by atoms with van der Waals surface area (Å²) < 4.78 is 26.8. The minimum Gasteiger partial charge on any atom is -0.387 e. The molecule has 21 heavy (non-hydrogen) atoms. The monoisotopic (exact) mass is 309 g/mol. The van der Waals surface area contributed by atoms with Gasteiger partial charge in [-0.25, -0.2) is 8.78 Å². The third kappa shape index (κ3) is 3.15. The summed E-state index contributed by atoms with van der Waals surface area (Å²) in [6.45, 7) is 0.209. The molecule has 0 saturated carbocycles. The Hall–Kier alpha value is -1.30. The molecule has 0 spiro atoms. The molecular formula is C16H17F2NOS. The van der Waals surface area contributed by atoms with Crippen LogP contribution in [-0.4, -0.2) is 11.7 Å². The molecule has 0 bridgehead atoms. The Morgan fingerprint density at radius 2 is 2.19 bits per heavy atom. The Balaban J connectivity index is 1.67. The predicted octanol–water partition coefficient (Wildman–Crippen LogP) is 3.73. The second-order valence-corrected chi connectivity index (χ2v) is 6.33. The first-order chi connectivity index (χ1) is 10.1. The van der Waals surface area contributed by atoms with E-state index in [0.717, 1.165) is 37.5 Å². The van der Waals surface area contributed by atoms with Gasteiger partial charge in [0.1, 0.15) is 11.6 Å². The standard InChI is InChI=1S/C16H17F2NOS/c17-10-4-5-13(18)12(8-10)15(20)9-19-14-2-1-3-16-11(14)6-7-21-16/h4-8,14-15,19-20H,1-3,9H2. The highest BCUT2D eigenvalue weighted by atomic mass is 32.1. The SMILES string of the molecule is OC(CNC1CCCc2sccc21)c1cc(F)ccc1F. The van der Waals surface area contributed by atoms with Gasteiger partial charge in [-0.15, -0.1) is 11.3 Å². The first-order valence-electron chi connectivity index (χ1n) is 7.08. The summed E-state index contributed by atoms with van der Waals surface area (Å²) in [5, 5.41) is 15.4. The van der Waals surface area contributed by atoms with Crippen LogP contribution in [0.2, 0.25) is 0 Å². The second-order valence-electron chi connectivity index (χ2n) is 5.33. The number of benzene rings is 1. The minimum atomic E-state index is -1.05. The van der Waals surface area contributed by atoms with E-state index >= 15 is 0 Å². The van der Waals surface area contributed by atoms with E-state index in [0.29, 0.717) is 0 Å². The molecule has 3 rings (SSSR count). The summed E-state index contributed by atoms with van der Waals surface area (Å²) in [7, 11) is 0. The molecule has 1 aliphatic rings. The smallest absolute Gasteiger partial charge is 0.129 e. The largest absolute Gasteiger partial charge is 0.387 e. The topological polar surface area (TPSA) is 32.3 Å². The number of aliphatic hydroxyl groups is 1. The molecule has 5 heteroatoms. The van der Waals surface area contributed by atoms with Crippen molar-refractivity contribution in [1.82, 2.24) is 5.32 Å². The quantitative estimate of drug-likeness (QED) is 0.902. The average Bonchev–Trinajstić information content (AvgIpc) is 2.96. The number of nitrogens with one attached hydrogen (secondary N) is 1. The summed E-state index contributed by atoms with van der Waals surface area (Å²) in [6, 6.07) is 5.44. The molecule has 0 aliphatic heterocycles. The van der Waals surface area contributed by atoms with E-state index in [1.54, 1.807) is 11.3 Å². The number of fused-ring (bicyclic) bond motifs is 1. The molecular weight excluding hydrogens is 292 g/mol. The molecule has 1 heterocycles. The zero-order valence-electron chi connectivity index (χ0n) is 11.5. The maximum Gasteiger partial charge on any atom is 0.129 e. The van der Waals surface area contributed by atoms with Crippen molar-refractivity contribution in [2.45, 2.75) is 31.4 Å². The molecule has 2 atom stereocenters. The van der Waals surface area contributed by atoms with Crippen molar-refractivity contribution in [3.05, 3.63) is 57.3 Å². The lowest BCUT2D eigenvalue weighted by molar-refractivity contribution is 0.163. The van der Waals surface area contributed by atoms with Crippen LogP contribution in [-0.2, 0) is 6.42 Å². The van der Waals surface area contributed by atoms with E-state index in [1.165, 1.54) is 10.4 Å². The predicted molar refractivity (Wildman–Crippen MR) is 79.3 cm³/mol. The van der Waals surface area contributed by atoms with Crippen molar-refractivity contribution in [3.8, 4) is 0 Å². The van der Waals surface area contributed by atoms with Crippen molar-refractivity contribution in [3.63, 3.8) is 0 Å². The first-order valence-corrected chi connectivity index (χ1v) is 7.96. The van der Waals surface area contributed by atoms with Crippen molar-refractivity contribution in [1.29, 1.82) is 0 Å². The fourth-order valence-electron chi connectivity index (χ4n) is 2.83. The molecule has 0 amide bonds. The lowest BCUT2D eigenvalue weighted by Gasteiger charge is -2.25. The number of aryl methyl sites for hydroxylation is 1. The summed E-state index contributed by atoms with van der Waals surface area (Å²) in [5.74, 6) is -1.12. The van der Waals surface area contributed by atoms with E-state index in [4.69, 9.17) is 0 Å². The van der Waals surface area contributed by atoms with Crippen LogP contribution < -0.4 is 5.32 Å². The van der Waals surface area contributed by atoms with Crippen LogP contribution in [0.5, 0.6) is 0 Å². The summed E-state index contributed by atoms with van der Waals surface area (Å²) in [5.41, 5.74) is 1.28. The fourth-order valence-corrected chi connectivity index (χ4v) is 3.82. The van der Waals surface area contributed by atoms with Crippen molar-refractivity contribution in [2.24, 2.45) is 0 Å². The van der Waals surface area contributed by atoms with Crippen molar-refractivity contribution in [2.75, 3.05) is 6.54 Å². The van der Waals surface area contributed by atoms with E-state index in [-0.39, 0.29) is 18.2 Å². The van der Waals surface area contributed by atoms with E-state index in [2.05, 4.69) is 16.8 Å². The first kappa shape index (κ1) is 14.6. The van der Waals surface area contributed by atoms with E-state index in [9.17, 15) is 13.9 Å². The van der Waals surface area contributed by atoms with Gasteiger partial charge in [0, 0.05) is 23.0 Å². The molecule has 2 N–H and O–H groups in total. The third-order valence-corrected chi connectivity index (χ3v) is 4.92. The fraction of sp³-hybridized carbons (Fsp3) is 0.375. The Morgan fingerprint density at radius 1 is 1.33 bits per heavy atom. The van der Waals surface area contributed by atoms with Crippen LogP contribution in [0.4, 0.5) is 8.78 Å². The van der Waals surface area contributed by atoms with Crippen LogP contribution in [0.15, 0.2) is 29.6 Å². The van der Waals surface area contributed by atoms with Gasteiger partial charge in [0.05, 0.1) is 6.10 Å². The van der Waals surface area contributed by atoms with Gasteiger partial charge >= 0.3 is 0 Å². The average molecular weight is 309 g/mol. The van der Waals surface area contributed by atoms with Gasteiger partial charge < -0.3 is 10.4 Å². The Kier molecular flexibility index (Phi) is 4.33. The van der Waals surface area contributed by atoms with Crippen molar-refractivity contribution < 1.29 is 13.9 Å². The normalized spacial score (nSPS) is 19.3. The highest BCUT2D eigenvalue weighted by Gasteiger charge is 2.22. The molecule has 2 unspecified atom stereocenters. The van der Waals surface area contributed by atoms with E-state index < -0.39 is 17.7 Å². The summed E-state index contributed by atoms with van der Waals surface area (Å²) in [4.78, 5) is 1.38. The van der Waals surface area contributed by atoms with Crippen LogP contribution in [0.25, 0.3) is 0 Å². The number of halogens is 2. The van der Waals surface area contributed by atoms with Gasteiger partial charge in [0.2, 0.25) is 0 Å². The van der Waals surface area contributed by atoms with Crippen LogP contribution in [0.3, 0.4) is 0 Å². The number of rotatable bonds is 4. The highest BCUT2D eigenvalue weighted by molar-refractivity contribution is 7.10. The molecule has 1 aromatic heterocycles. The van der Waals surface area contributed by atoms with Gasteiger partial charge in [-0.1, -0.05) is 0 Å². The lowest BCUT2D eigenvalue weighted by Crippen LogP contribution is -2.28. The molecule has 1 aliphatic carbocycles. The molecule has 0 fully saturated rings. The molecule has 2 aromatic rings. The molecule has 0 saturated heterocycles. The zero-order valence-corrected chi connectivity index (χ0v) is 12.3. The molecule has 1 aromatic carbocycles. The third-order valence-electron chi connectivity index (χ3n) is 3.93. The van der Waals surface area contributed by atoms with E-state index in [1.807, 2.05) is 0 Å². The summed E-state index contributed by atoms with van der Waals surface area (Å²) >= 11 is 1.75.